The van der Waals surface area contributed by atoms with Gasteiger partial charge < -0.3 is 15.4 Å². The van der Waals surface area contributed by atoms with Crippen molar-refractivity contribution in [2.75, 3.05) is 17.2 Å². The Bertz CT molecular complexity index is 774. The highest BCUT2D eigenvalue weighted by molar-refractivity contribution is 9.10. The third-order valence-electron chi connectivity index (χ3n) is 3.31. The Morgan fingerprint density at radius 1 is 1.27 bits per heavy atom. The minimum Gasteiger partial charge on any atom is -0.482 e. The van der Waals surface area contributed by atoms with E-state index in [4.69, 9.17) is 4.74 Å². The van der Waals surface area contributed by atoms with E-state index in [1.165, 1.54) is 0 Å². The van der Waals surface area contributed by atoms with Crippen LogP contribution in [0.1, 0.15) is 15.9 Å². The average molecular weight is 361 g/mol. The molecule has 2 aromatic rings. The predicted molar refractivity (Wildman–Crippen MR) is 87.4 cm³/mol. The second-order valence-corrected chi connectivity index (χ2v) is 5.88. The van der Waals surface area contributed by atoms with Crippen molar-refractivity contribution in [2.45, 2.75) is 6.92 Å². The van der Waals surface area contributed by atoms with Crippen LogP contribution in [-0.2, 0) is 4.79 Å². The van der Waals surface area contributed by atoms with E-state index in [-0.39, 0.29) is 18.4 Å². The van der Waals surface area contributed by atoms with Gasteiger partial charge in [-0.1, -0.05) is 15.9 Å². The molecule has 0 saturated carbocycles. The molecule has 0 bridgehead atoms. The van der Waals surface area contributed by atoms with Crippen LogP contribution in [0.4, 0.5) is 11.4 Å². The van der Waals surface area contributed by atoms with Crippen molar-refractivity contribution in [1.29, 1.82) is 0 Å². The van der Waals surface area contributed by atoms with E-state index >= 15 is 0 Å². The van der Waals surface area contributed by atoms with Crippen molar-refractivity contribution in [3.8, 4) is 5.75 Å². The van der Waals surface area contributed by atoms with E-state index in [1.807, 2.05) is 25.1 Å². The zero-order chi connectivity index (χ0) is 15.7. The number of halogens is 1. The van der Waals surface area contributed by atoms with Gasteiger partial charge in [-0.25, -0.2) is 0 Å². The summed E-state index contributed by atoms with van der Waals surface area (Å²) in [4.78, 5) is 23.7. The van der Waals surface area contributed by atoms with Crippen molar-refractivity contribution >= 4 is 39.1 Å². The predicted octanol–water partition coefficient (Wildman–Crippen LogP) is 3.34. The maximum Gasteiger partial charge on any atom is 0.262 e. The lowest BCUT2D eigenvalue weighted by Gasteiger charge is -2.18. The first-order valence-corrected chi connectivity index (χ1v) is 7.46. The number of benzene rings is 2. The monoisotopic (exact) mass is 360 g/mol. The fourth-order valence-corrected chi connectivity index (χ4v) is 2.66. The van der Waals surface area contributed by atoms with Gasteiger partial charge in [-0.15, -0.1) is 0 Å². The molecule has 0 fully saturated rings. The average Bonchev–Trinajstić information content (AvgIpc) is 2.49. The number of carbonyl (C=O) groups excluding carboxylic acids is 2. The molecule has 1 aliphatic rings. The molecule has 0 aliphatic carbocycles. The van der Waals surface area contributed by atoms with Gasteiger partial charge in [-0.05, 0) is 48.9 Å². The van der Waals surface area contributed by atoms with Crippen LogP contribution in [0.3, 0.4) is 0 Å². The van der Waals surface area contributed by atoms with Crippen LogP contribution in [0.25, 0.3) is 0 Å². The normalized spacial score (nSPS) is 12.9. The number of amides is 2. The summed E-state index contributed by atoms with van der Waals surface area (Å²) in [6.07, 6.45) is 0. The number of hydrogen-bond acceptors (Lipinski definition) is 3. The standard InChI is InChI=1S/C16H13BrN2O3/c1-9-6-11(17)3-4-12(9)19-16(21)10-2-5-14-13(7-10)18-15(20)8-22-14/h2-7H,8H2,1H3,(H,18,20)(H,19,21). The minimum absolute atomic E-state index is 0.00334. The van der Waals surface area contributed by atoms with Crippen LogP contribution in [0.2, 0.25) is 0 Å². The molecule has 3 rings (SSSR count). The van der Waals surface area contributed by atoms with Crippen LogP contribution in [-0.4, -0.2) is 18.4 Å². The highest BCUT2D eigenvalue weighted by Crippen LogP contribution is 2.29. The van der Waals surface area contributed by atoms with Gasteiger partial charge in [0, 0.05) is 15.7 Å². The summed E-state index contributed by atoms with van der Waals surface area (Å²) in [7, 11) is 0. The molecule has 6 heteroatoms. The van der Waals surface area contributed by atoms with Crippen molar-refractivity contribution < 1.29 is 14.3 Å². The number of carbonyl (C=O) groups is 2. The number of ether oxygens (including phenoxy) is 1. The zero-order valence-corrected chi connectivity index (χ0v) is 13.4. The summed E-state index contributed by atoms with van der Waals surface area (Å²) in [5.74, 6) is 0.0952. The first-order valence-electron chi connectivity index (χ1n) is 6.67. The van der Waals surface area contributed by atoms with Gasteiger partial charge in [-0.2, -0.15) is 0 Å². The molecule has 2 N–H and O–H groups in total. The molecule has 0 saturated heterocycles. The summed E-state index contributed by atoms with van der Waals surface area (Å²) in [5.41, 5.74) is 2.66. The lowest BCUT2D eigenvalue weighted by Crippen LogP contribution is -2.25. The SMILES string of the molecule is Cc1cc(Br)ccc1NC(=O)c1ccc2c(c1)NC(=O)CO2. The van der Waals surface area contributed by atoms with Crippen LogP contribution in [0.15, 0.2) is 40.9 Å². The largest absolute Gasteiger partial charge is 0.482 e. The van der Waals surface area contributed by atoms with Gasteiger partial charge in [0.05, 0.1) is 5.69 Å². The molecular weight excluding hydrogens is 348 g/mol. The molecule has 0 atom stereocenters. The van der Waals surface area contributed by atoms with E-state index in [2.05, 4.69) is 26.6 Å². The molecule has 1 aliphatic heterocycles. The summed E-state index contributed by atoms with van der Waals surface area (Å²) in [6, 6.07) is 10.6. The second kappa shape index (κ2) is 5.81. The Kier molecular flexibility index (Phi) is 3.85. The number of fused-ring (bicyclic) bond motifs is 1. The molecule has 2 amide bonds. The van der Waals surface area contributed by atoms with Gasteiger partial charge in [0.2, 0.25) is 0 Å². The van der Waals surface area contributed by atoms with Crippen molar-refractivity contribution in [1.82, 2.24) is 0 Å². The lowest BCUT2D eigenvalue weighted by molar-refractivity contribution is -0.118. The Morgan fingerprint density at radius 2 is 2.09 bits per heavy atom. The maximum absolute atomic E-state index is 12.3. The molecule has 2 aromatic carbocycles. The summed E-state index contributed by atoms with van der Waals surface area (Å²) < 4.78 is 6.23. The fourth-order valence-electron chi connectivity index (χ4n) is 2.19. The number of rotatable bonds is 2. The van der Waals surface area contributed by atoms with Crippen molar-refractivity contribution in [2.24, 2.45) is 0 Å². The molecule has 0 spiro atoms. The van der Waals surface area contributed by atoms with E-state index in [9.17, 15) is 9.59 Å². The van der Waals surface area contributed by atoms with Gasteiger partial charge in [0.1, 0.15) is 5.75 Å². The second-order valence-electron chi connectivity index (χ2n) is 4.96. The molecule has 112 valence electrons. The quantitative estimate of drug-likeness (QED) is 0.862. The molecule has 0 unspecified atom stereocenters. The summed E-state index contributed by atoms with van der Waals surface area (Å²) in [6.45, 7) is 1.91. The third-order valence-corrected chi connectivity index (χ3v) is 3.80. The first kappa shape index (κ1) is 14.6. The minimum atomic E-state index is -0.243. The van der Waals surface area contributed by atoms with Gasteiger partial charge in [0.25, 0.3) is 11.8 Å². The van der Waals surface area contributed by atoms with E-state index in [0.29, 0.717) is 17.0 Å². The molecule has 5 nitrogen and oxygen atoms in total. The fraction of sp³-hybridized carbons (Fsp3) is 0.125. The van der Waals surface area contributed by atoms with Crippen LogP contribution >= 0.6 is 15.9 Å². The molecule has 0 aromatic heterocycles. The highest BCUT2D eigenvalue weighted by atomic mass is 79.9. The van der Waals surface area contributed by atoms with E-state index < -0.39 is 0 Å². The Hall–Kier alpha value is -2.34. The number of hydrogen-bond donors (Lipinski definition) is 2. The van der Waals surface area contributed by atoms with Crippen LogP contribution < -0.4 is 15.4 Å². The first-order chi connectivity index (χ1) is 10.5. The number of anilines is 2. The Balaban J connectivity index is 1.83. The number of nitrogens with one attached hydrogen (secondary N) is 2. The van der Waals surface area contributed by atoms with Crippen LogP contribution in [0, 0.1) is 6.92 Å². The smallest absolute Gasteiger partial charge is 0.262 e. The van der Waals surface area contributed by atoms with E-state index in [0.717, 1.165) is 15.7 Å². The van der Waals surface area contributed by atoms with Crippen molar-refractivity contribution in [3.05, 3.63) is 52.0 Å². The maximum atomic E-state index is 12.3. The van der Waals surface area contributed by atoms with Crippen LogP contribution in [0.5, 0.6) is 5.75 Å². The molecular formula is C16H13BrN2O3. The Morgan fingerprint density at radius 3 is 2.86 bits per heavy atom. The van der Waals surface area contributed by atoms with Crippen molar-refractivity contribution in [3.63, 3.8) is 0 Å². The number of aryl methyl sites for hydroxylation is 1. The third kappa shape index (κ3) is 2.96. The molecule has 0 radical (unpaired) electrons. The lowest BCUT2D eigenvalue weighted by atomic mass is 10.1. The summed E-state index contributed by atoms with van der Waals surface area (Å²) in [5, 5.41) is 5.55. The topological polar surface area (TPSA) is 67.4 Å². The molecule has 22 heavy (non-hydrogen) atoms. The highest BCUT2D eigenvalue weighted by Gasteiger charge is 2.18. The zero-order valence-electron chi connectivity index (χ0n) is 11.8. The van der Waals surface area contributed by atoms with E-state index in [1.54, 1.807) is 18.2 Å². The molecule has 1 heterocycles. The van der Waals surface area contributed by atoms with Gasteiger partial charge >= 0.3 is 0 Å². The van der Waals surface area contributed by atoms with Gasteiger partial charge in [-0.3, -0.25) is 9.59 Å². The van der Waals surface area contributed by atoms with Gasteiger partial charge in [0.15, 0.2) is 6.61 Å². The summed E-state index contributed by atoms with van der Waals surface area (Å²) >= 11 is 3.39. The Labute approximate surface area is 135 Å².